The number of anilines is 2. The third-order valence-electron chi connectivity index (χ3n) is 2.04. The van der Waals surface area contributed by atoms with E-state index in [4.69, 9.17) is 11.6 Å². The van der Waals surface area contributed by atoms with Gasteiger partial charge in [-0.2, -0.15) is 0 Å². The molecular formula is C12H10ClFN2. The van der Waals surface area contributed by atoms with Gasteiger partial charge in [0.2, 0.25) is 0 Å². The van der Waals surface area contributed by atoms with Crippen LogP contribution in [0.4, 0.5) is 15.8 Å². The summed E-state index contributed by atoms with van der Waals surface area (Å²) in [4.78, 5) is 0. The maximum Gasteiger partial charge on any atom is 0.123 e. The predicted octanol–water partition coefficient (Wildman–Crippen LogP) is 3.92. The van der Waals surface area contributed by atoms with E-state index in [0.29, 0.717) is 5.02 Å². The summed E-state index contributed by atoms with van der Waals surface area (Å²) >= 11 is 5.76. The lowest BCUT2D eigenvalue weighted by atomic mass is 10.3. The van der Waals surface area contributed by atoms with Gasteiger partial charge in [0.25, 0.3) is 0 Å². The molecule has 0 aromatic heterocycles. The second-order valence-electron chi connectivity index (χ2n) is 3.26. The Labute approximate surface area is 98.0 Å². The minimum absolute atomic E-state index is 0.253. The van der Waals surface area contributed by atoms with Crippen LogP contribution < -0.4 is 10.9 Å². The van der Waals surface area contributed by atoms with E-state index in [9.17, 15) is 4.39 Å². The molecule has 4 heteroatoms. The van der Waals surface area contributed by atoms with Crippen LogP contribution in [-0.4, -0.2) is 0 Å². The highest BCUT2D eigenvalue weighted by Gasteiger charge is 1.93. The van der Waals surface area contributed by atoms with Crippen molar-refractivity contribution in [2.24, 2.45) is 0 Å². The Morgan fingerprint density at radius 3 is 1.69 bits per heavy atom. The SMILES string of the molecule is Fc1ccc(NNc2ccc(Cl)cc2)cc1. The third kappa shape index (κ3) is 2.87. The summed E-state index contributed by atoms with van der Waals surface area (Å²) in [5.74, 6) is -0.253. The molecule has 0 spiro atoms. The smallest absolute Gasteiger partial charge is 0.123 e. The monoisotopic (exact) mass is 236 g/mol. The quantitative estimate of drug-likeness (QED) is 0.790. The van der Waals surface area contributed by atoms with E-state index in [-0.39, 0.29) is 5.82 Å². The van der Waals surface area contributed by atoms with Crippen molar-refractivity contribution in [2.75, 3.05) is 10.9 Å². The maximum absolute atomic E-state index is 12.6. The van der Waals surface area contributed by atoms with Gasteiger partial charge in [0.15, 0.2) is 0 Å². The van der Waals surface area contributed by atoms with Gasteiger partial charge in [0.1, 0.15) is 5.82 Å². The summed E-state index contributed by atoms with van der Waals surface area (Å²) in [6.45, 7) is 0. The van der Waals surface area contributed by atoms with Crippen LogP contribution in [0.5, 0.6) is 0 Å². The van der Waals surface area contributed by atoms with Gasteiger partial charge in [-0.05, 0) is 48.5 Å². The van der Waals surface area contributed by atoms with Crippen LogP contribution in [0.15, 0.2) is 48.5 Å². The molecule has 0 saturated carbocycles. The number of rotatable bonds is 3. The minimum atomic E-state index is -0.253. The first-order valence-corrected chi connectivity index (χ1v) is 5.15. The Balaban J connectivity index is 1.97. The summed E-state index contributed by atoms with van der Waals surface area (Å²) in [7, 11) is 0. The third-order valence-corrected chi connectivity index (χ3v) is 2.29. The number of hydrogen-bond acceptors (Lipinski definition) is 2. The predicted molar refractivity (Wildman–Crippen MR) is 65.1 cm³/mol. The van der Waals surface area contributed by atoms with E-state index in [1.54, 1.807) is 24.3 Å². The fourth-order valence-corrected chi connectivity index (χ4v) is 1.34. The molecule has 0 radical (unpaired) electrons. The van der Waals surface area contributed by atoms with Gasteiger partial charge in [0.05, 0.1) is 11.4 Å². The standard InChI is InChI=1S/C12H10ClFN2/c13-9-1-5-11(6-2-9)15-16-12-7-3-10(14)4-8-12/h1-8,15-16H. The second-order valence-corrected chi connectivity index (χ2v) is 3.70. The van der Waals surface area contributed by atoms with E-state index >= 15 is 0 Å². The summed E-state index contributed by atoms with van der Waals surface area (Å²) in [5.41, 5.74) is 7.60. The lowest BCUT2D eigenvalue weighted by Gasteiger charge is -2.09. The number of hydrazine groups is 1. The van der Waals surface area contributed by atoms with Gasteiger partial charge in [-0.15, -0.1) is 0 Å². The zero-order valence-electron chi connectivity index (χ0n) is 8.37. The van der Waals surface area contributed by atoms with Gasteiger partial charge in [-0.3, -0.25) is 0 Å². The van der Waals surface area contributed by atoms with Gasteiger partial charge in [-0.1, -0.05) is 11.6 Å². The van der Waals surface area contributed by atoms with Gasteiger partial charge >= 0.3 is 0 Å². The highest BCUT2D eigenvalue weighted by Crippen LogP contribution is 2.14. The summed E-state index contributed by atoms with van der Waals surface area (Å²) in [5, 5.41) is 0.687. The Morgan fingerprint density at radius 2 is 1.19 bits per heavy atom. The van der Waals surface area contributed by atoms with Crippen molar-refractivity contribution >= 4 is 23.0 Å². The van der Waals surface area contributed by atoms with Crippen molar-refractivity contribution in [3.63, 3.8) is 0 Å². The highest BCUT2D eigenvalue weighted by molar-refractivity contribution is 6.30. The van der Waals surface area contributed by atoms with E-state index in [0.717, 1.165) is 11.4 Å². The van der Waals surface area contributed by atoms with Gasteiger partial charge in [-0.25, -0.2) is 4.39 Å². The molecule has 0 saturated heterocycles. The Bertz CT molecular complexity index is 408. The fourth-order valence-electron chi connectivity index (χ4n) is 1.21. The van der Waals surface area contributed by atoms with Crippen LogP contribution in [0, 0.1) is 5.82 Å². The lowest BCUT2D eigenvalue weighted by Crippen LogP contribution is -2.08. The number of benzene rings is 2. The molecule has 0 aliphatic rings. The molecule has 0 fully saturated rings. The molecule has 0 heterocycles. The van der Waals surface area contributed by atoms with Gasteiger partial charge < -0.3 is 10.9 Å². The molecule has 0 bridgehead atoms. The zero-order chi connectivity index (χ0) is 11.4. The highest BCUT2D eigenvalue weighted by atomic mass is 35.5. The largest absolute Gasteiger partial charge is 0.301 e. The molecule has 0 unspecified atom stereocenters. The molecule has 2 aromatic carbocycles. The van der Waals surface area contributed by atoms with Crippen molar-refractivity contribution in [3.05, 3.63) is 59.4 Å². The molecule has 82 valence electrons. The van der Waals surface area contributed by atoms with Crippen molar-refractivity contribution in [3.8, 4) is 0 Å². The maximum atomic E-state index is 12.6. The second kappa shape index (κ2) is 4.86. The van der Waals surface area contributed by atoms with E-state index < -0.39 is 0 Å². The van der Waals surface area contributed by atoms with Crippen molar-refractivity contribution in [2.45, 2.75) is 0 Å². The van der Waals surface area contributed by atoms with Crippen LogP contribution in [0.1, 0.15) is 0 Å². The first-order chi connectivity index (χ1) is 7.74. The zero-order valence-corrected chi connectivity index (χ0v) is 9.13. The van der Waals surface area contributed by atoms with E-state index in [2.05, 4.69) is 10.9 Å². The Hall–Kier alpha value is -1.74. The van der Waals surface area contributed by atoms with E-state index in [1.165, 1.54) is 12.1 Å². The lowest BCUT2D eigenvalue weighted by molar-refractivity contribution is 0.628. The minimum Gasteiger partial charge on any atom is -0.301 e. The first-order valence-electron chi connectivity index (χ1n) is 4.77. The average molecular weight is 237 g/mol. The summed E-state index contributed by atoms with van der Waals surface area (Å²) < 4.78 is 12.6. The van der Waals surface area contributed by atoms with Crippen LogP contribution in [0.2, 0.25) is 5.02 Å². The molecule has 0 aliphatic heterocycles. The normalized spacial score (nSPS) is 9.88. The molecule has 2 N–H and O–H groups in total. The van der Waals surface area contributed by atoms with Crippen LogP contribution in [-0.2, 0) is 0 Å². The van der Waals surface area contributed by atoms with Crippen molar-refractivity contribution < 1.29 is 4.39 Å². The number of hydrogen-bond donors (Lipinski definition) is 2. The van der Waals surface area contributed by atoms with Crippen LogP contribution >= 0.6 is 11.6 Å². The Morgan fingerprint density at radius 1 is 0.750 bits per heavy atom. The topological polar surface area (TPSA) is 24.1 Å². The molecule has 0 atom stereocenters. The molecular weight excluding hydrogens is 227 g/mol. The molecule has 2 rings (SSSR count). The van der Waals surface area contributed by atoms with Crippen molar-refractivity contribution in [1.82, 2.24) is 0 Å². The molecule has 2 aromatic rings. The molecule has 0 aliphatic carbocycles. The van der Waals surface area contributed by atoms with Crippen LogP contribution in [0.3, 0.4) is 0 Å². The molecule has 2 nitrogen and oxygen atoms in total. The average Bonchev–Trinajstić information content (AvgIpc) is 2.30. The summed E-state index contributed by atoms with van der Waals surface area (Å²) in [6, 6.07) is 13.4. The molecule has 0 amide bonds. The van der Waals surface area contributed by atoms with Crippen LogP contribution in [0.25, 0.3) is 0 Å². The fraction of sp³-hybridized carbons (Fsp3) is 0. The molecule has 16 heavy (non-hydrogen) atoms. The first kappa shape index (κ1) is 10.8. The number of nitrogens with one attached hydrogen (secondary N) is 2. The number of halogens is 2. The van der Waals surface area contributed by atoms with Gasteiger partial charge in [0, 0.05) is 5.02 Å². The van der Waals surface area contributed by atoms with Crippen molar-refractivity contribution in [1.29, 1.82) is 0 Å². The Kier molecular flexibility index (Phi) is 3.27. The summed E-state index contributed by atoms with van der Waals surface area (Å²) in [6.07, 6.45) is 0. The van der Waals surface area contributed by atoms with E-state index in [1.807, 2.05) is 12.1 Å².